The molecule has 0 saturated carbocycles. The van der Waals surface area contributed by atoms with E-state index in [2.05, 4.69) is 0 Å². The van der Waals surface area contributed by atoms with E-state index >= 15 is 0 Å². The minimum Gasteiger partial charge on any atom is -0.497 e. The summed E-state index contributed by atoms with van der Waals surface area (Å²) in [6.07, 6.45) is 0. The van der Waals surface area contributed by atoms with Gasteiger partial charge in [0.1, 0.15) is 17.5 Å². The smallest absolute Gasteiger partial charge is 0.247 e. The molecule has 0 aromatic heterocycles. The van der Waals surface area contributed by atoms with Gasteiger partial charge in [-0.05, 0) is 35.9 Å². The molecular weight excluding hydrogens is 316 g/mol. The number of benzene rings is 2. The van der Waals surface area contributed by atoms with Gasteiger partial charge in [-0.1, -0.05) is 23.7 Å². The van der Waals surface area contributed by atoms with Crippen molar-refractivity contribution in [2.45, 2.75) is 12.1 Å². The normalized spacial score (nSPS) is 20.2. The molecule has 1 fully saturated rings. The van der Waals surface area contributed by atoms with Gasteiger partial charge in [-0.15, -0.1) is 0 Å². The molecule has 1 amide bonds. The summed E-state index contributed by atoms with van der Waals surface area (Å²) >= 11 is 6.16. The van der Waals surface area contributed by atoms with Crippen LogP contribution in [-0.2, 0) is 4.79 Å². The zero-order valence-electron chi connectivity index (χ0n) is 12.8. The molecule has 6 heteroatoms. The van der Waals surface area contributed by atoms with Crippen LogP contribution in [0, 0.1) is 0 Å². The van der Waals surface area contributed by atoms with Gasteiger partial charge in [0.15, 0.2) is 0 Å². The SMILES string of the molecule is COc1ccc([C@H]2[C@H](N)C(=O)N2c2ccc(OC)c(Cl)c2)cc1. The third-order valence-electron chi connectivity index (χ3n) is 4.01. The van der Waals surface area contributed by atoms with Crippen molar-refractivity contribution in [2.75, 3.05) is 19.1 Å². The van der Waals surface area contributed by atoms with Crippen molar-refractivity contribution < 1.29 is 14.3 Å². The molecule has 2 N–H and O–H groups in total. The lowest BCUT2D eigenvalue weighted by molar-refractivity contribution is -0.126. The molecule has 1 heterocycles. The van der Waals surface area contributed by atoms with Crippen LogP contribution < -0.4 is 20.1 Å². The fourth-order valence-electron chi connectivity index (χ4n) is 2.76. The Balaban J connectivity index is 1.93. The highest BCUT2D eigenvalue weighted by Gasteiger charge is 2.46. The number of nitrogens with two attached hydrogens (primary N) is 1. The van der Waals surface area contributed by atoms with Crippen molar-refractivity contribution in [1.29, 1.82) is 0 Å². The molecule has 23 heavy (non-hydrogen) atoms. The van der Waals surface area contributed by atoms with E-state index in [0.29, 0.717) is 16.5 Å². The first kappa shape index (κ1) is 15.6. The Morgan fingerprint density at radius 2 is 1.78 bits per heavy atom. The molecular formula is C17H17ClN2O3. The minimum absolute atomic E-state index is 0.132. The molecule has 0 unspecified atom stereocenters. The van der Waals surface area contributed by atoms with Gasteiger partial charge in [0.2, 0.25) is 5.91 Å². The molecule has 0 radical (unpaired) electrons. The average molecular weight is 333 g/mol. The summed E-state index contributed by atoms with van der Waals surface area (Å²) in [6, 6.07) is 12.0. The van der Waals surface area contributed by atoms with Crippen molar-refractivity contribution in [3.05, 3.63) is 53.1 Å². The van der Waals surface area contributed by atoms with Crippen LogP contribution in [-0.4, -0.2) is 26.2 Å². The lowest BCUT2D eigenvalue weighted by atomic mass is 9.88. The van der Waals surface area contributed by atoms with Gasteiger partial charge in [-0.2, -0.15) is 0 Å². The number of anilines is 1. The van der Waals surface area contributed by atoms with Crippen LogP contribution >= 0.6 is 11.6 Å². The van der Waals surface area contributed by atoms with Gasteiger partial charge in [-0.3, -0.25) is 4.79 Å². The van der Waals surface area contributed by atoms with Crippen molar-refractivity contribution in [3.8, 4) is 11.5 Å². The monoisotopic (exact) mass is 332 g/mol. The van der Waals surface area contributed by atoms with Gasteiger partial charge in [0, 0.05) is 5.69 Å². The zero-order chi connectivity index (χ0) is 16.6. The van der Waals surface area contributed by atoms with Crippen LogP contribution in [0.1, 0.15) is 11.6 Å². The number of rotatable bonds is 4. The molecule has 0 aliphatic carbocycles. The molecule has 120 valence electrons. The number of carbonyl (C=O) groups excluding carboxylic acids is 1. The van der Waals surface area contributed by atoms with E-state index in [1.165, 1.54) is 0 Å². The maximum Gasteiger partial charge on any atom is 0.247 e. The predicted molar refractivity (Wildman–Crippen MR) is 89.2 cm³/mol. The summed E-state index contributed by atoms with van der Waals surface area (Å²) in [5.41, 5.74) is 7.66. The van der Waals surface area contributed by atoms with Crippen molar-refractivity contribution >= 4 is 23.2 Å². The van der Waals surface area contributed by atoms with Gasteiger partial charge in [0.25, 0.3) is 0 Å². The number of amides is 1. The van der Waals surface area contributed by atoms with E-state index in [1.807, 2.05) is 24.3 Å². The fraction of sp³-hybridized carbons (Fsp3) is 0.235. The zero-order valence-corrected chi connectivity index (χ0v) is 13.6. The van der Waals surface area contributed by atoms with Crippen molar-refractivity contribution in [3.63, 3.8) is 0 Å². The predicted octanol–water partition coefficient (Wildman–Crippen LogP) is 2.77. The van der Waals surface area contributed by atoms with Crippen LogP contribution in [0.3, 0.4) is 0 Å². The highest BCUT2D eigenvalue weighted by molar-refractivity contribution is 6.32. The highest BCUT2D eigenvalue weighted by atomic mass is 35.5. The van der Waals surface area contributed by atoms with Crippen molar-refractivity contribution in [1.82, 2.24) is 0 Å². The fourth-order valence-corrected chi connectivity index (χ4v) is 3.01. The highest BCUT2D eigenvalue weighted by Crippen LogP contribution is 2.40. The lowest BCUT2D eigenvalue weighted by Gasteiger charge is -2.45. The van der Waals surface area contributed by atoms with E-state index in [-0.39, 0.29) is 11.9 Å². The first-order valence-electron chi connectivity index (χ1n) is 7.13. The van der Waals surface area contributed by atoms with Crippen LogP contribution in [0.2, 0.25) is 5.02 Å². The second-order valence-corrected chi connectivity index (χ2v) is 5.68. The number of β-lactam (4-membered cyclic amide) rings is 1. The average Bonchev–Trinajstić information content (AvgIpc) is 2.58. The number of carbonyl (C=O) groups is 1. The maximum atomic E-state index is 12.2. The summed E-state index contributed by atoms with van der Waals surface area (Å²) in [7, 11) is 3.16. The number of ether oxygens (including phenoxy) is 2. The van der Waals surface area contributed by atoms with Gasteiger partial charge in [-0.25, -0.2) is 0 Å². The number of hydrogen-bond donors (Lipinski definition) is 1. The summed E-state index contributed by atoms with van der Waals surface area (Å²) in [6.45, 7) is 0. The number of hydrogen-bond acceptors (Lipinski definition) is 4. The standard InChI is InChI=1S/C17H17ClN2O3/c1-22-12-6-3-10(4-7-12)16-15(19)17(21)20(16)11-5-8-14(23-2)13(18)9-11/h3-9,15-16H,19H2,1-2H3/t15-,16-/m0/s1. The Hall–Kier alpha value is -2.24. The molecule has 2 atom stereocenters. The first-order valence-corrected chi connectivity index (χ1v) is 7.50. The Morgan fingerprint density at radius 3 is 2.35 bits per heavy atom. The summed E-state index contributed by atoms with van der Waals surface area (Å²) in [5.74, 6) is 1.19. The largest absolute Gasteiger partial charge is 0.497 e. The van der Waals surface area contributed by atoms with Crippen LogP contribution in [0.15, 0.2) is 42.5 Å². The maximum absolute atomic E-state index is 12.2. The number of halogens is 1. The van der Waals surface area contributed by atoms with Crippen LogP contribution in [0.25, 0.3) is 0 Å². The number of nitrogens with zero attached hydrogens (tertiary/aromatic N) is 1. The van der Waals surface area contributed by atoms with E-state index in [9.17, 15) is 4.79 Å². The minimum atomic E-state index is -0.565. The van der Waals surface area contributed by atoms with Crippen molar-refractivity contribution in [2.24, 2.45) is 5.73 Å². The molecule has 0 spiro atoms. The quantitative estimate of drug-likeness (QED) is 0.874. The van der Waals surface area contributed by atoms with Crippen LogP contribution in [0.4, 0.5) is 5.69 Å². The topological polar surface area (TPSA) is 64.8 Å². The van der Waals surface area contributed by atoms with E-state index < -0.39 is 6.04 Å². The Bertz CT molecular complexity index is 733. The summed E-state index contributed by atoms with van der Waals surface area (Å²) < 4.78 is 10.3. The molecule has 1 aliphatic rings. The van der Waals surface area contributed by atoms with Gasteiger partial charge >= 0.3 is 0 Å². The second-order valence-electron chi connectivity index (χ2n) is 5.27. The van der Waals surface area contributed by atoms with Gasteiger partial charge in [0.05, 0.1) is 25.3 Å². The third kappa shape index (κ3) is 2.62. The van der Waals surface area contributed by atoms with Gasteiger partial charge < -0.3 is 20.1 Å². The summed E-state index contributed by atoms with van der Waals surface area (Å²) in [5, 5.41) is 0.451. The van der Waals surface area contributed by atoms with E-state index in [1.54, 1.807) is 37.3 Å². The molecule has 2 aromatic carbocycles. The number of methoxy groups -OCH3 is 2. The Labute approximate surface area is 139 Å². The van der Waals surface area contributed by atoms with E-state index in [0.717, 1.165) is 11.3 Å². The van der Waals surface area contributed by atoms with E-state index in [4.69, 9.17) is 26.8 Å². The molecule has 1 aliphatic heterocycles. The second kappa shape index (κ2) is 6.10. The third-order valence-corrected chi connectivity index (χ3v) is 4.31. The molecule has 0 bridgehead atoms. The summed E-state index contributed by atoms with van der Waals surface area (Å²) in [4.78, 5) is 13.9. The molecule has 3 rings (SSSR count). The molecule has 1 saturated heterocycles. The lowest BCUT2D eigenvalue weighted by Crippen LogP contribution is -2.63. The Kier molecular flexibility index (Phi) is 4.15. The molecule has 2 aromatic rings. The van der Waals surface area contributed by atoms with Crippen LogP contribution in [0.5, 0.6) is 11.5 Å². The Morgan fingerprint density at radius 1 is 1.09 bits per heavy atom. The molecule has 5 nitrogen and oxygen atoms in total. The first-order chi connectivity index (χ1) is 11.1.